The fourth-order valence-electron chi connectivity index (χ4n) is 2.08. The molecule has 0 unspecified atom stereocenters. The van der Waals surface area contributed by atoms with E-state index in [9.17, 15) is 9.90 Å². The van der Waals surface area contributed by atoms with E-state index in [1.807, 2.05) is 19.1 Å². The van der Waals surface area contributed by atoms with Gasteiger partial charge in [-0.3, -0.25) is 9.69 Å². The molecule has 0 aliphatic rings. The first kappa shape index (κ1) is 15.5. The number of aliphatic hydroxyl groups is 1. The minimum absolute atomic E-state index is 0.0433. The molecule has 0 radical (unpaired) electrons. The van der Waals surface area contributed by atoms with E-state index < -0.39 is 12.0 Å². The number of nitrogens with zero attached hydrogens (tertiary/aromatic N) is 1. The second-order valence-corrected chi connectivity index (χ2v) is 4.54. The van der Waals surface area contributed by atoms with Crippen molar-refractivity contribution in [1.29, 1.82) is 0 Å². The van der Waals surface area contributed by atoms with Gasteiger partial charge in [-0.15, -0.1) is 0 Å². The van der Waals surface area contributed by atoms with Gasteiger partial charge in [-0.1, -0.05) is 17.7 Å². The molecule has 0 bridgehead atoms. The Morgan fingerprint density at radius 2 is 2.16 bits per heavy atom. The molecule has 0 saturated carbocycles. The quantitative estimate of drug-likeness (QED) is 0.782. The molecule has 0 amide bonds. The van der Waals surface area contributed by atoms with Gasteiger partial charge in [0.2, 0.25) is 0 Å². The third-order valence-corrected chi connectivity index (χ3v) is 3.02. The van der Waals surface area contributed by atoms with E-state index in [2.05, 4.69) is 0 Å². The summed E-state index contributed by atoms with van der Waals surface area (Å²) in [7, 11) is 3.26. The number of carbonyl (C=O) groups is 1. The van der Waals surface area contributed by atoms with Crippen LogP contribution in [-0.4, -0.2) is 48.4 Å². The first-order chi connectivity index (χ1) is 9.01. The van der Waals surface area contributed by atoms with Crippen LogP contribution >= 0.6 is 0 Å². The minimum atomic E-state index is -0.927. The fourth-order valence-corrected chi connectivity index (χ4v) is 2.08. The molecule has 2 N–H and O–H groups in total. The molecule has 0 saturated heterocycles. The molecule has 0 aromatic heterocycles. The lowest BCUT2D eigenvalue weighted by molar-refractivity contribution is -0.143. The molecule has 5 nitrogen and oxygen atoms in total. The zero-order chi connectivity index (χ0) is 14.4. The summed E-state index contributed by atoms with van der Waals surface area (Å²) < 4.78 is 5.25. The molecule has 19 heavy (non-hydrogen) atoms. The number of benzene rings is 1. The number of ether oxygens (including phenoxy) is 1. The maximum Gasteiger partial charge on any atom is 0.325 e. The third-order valence-electron chi connectivity index (χ3n) is 3.02. The van der Waals surface area contributed by atoms with Crippen LogP contribution in [0.25, 0.3) is 0 Å². The first-order valence-corrected chi connectivity index (χ1v) is 6.19. The number of rotatable bonds is 7. The van der Waals surface area contributed by atoms with Gasteiger partial charge >= 0.3 is 5.97 Å². The SMILES string of the molecule is COc1ccc(C)cc1[C@@H](C(=O)O)N(C)CCCO. The Hall–Kier alpha value is -1.59. The molecule has 1 atom stereocenters. The van der Waals surface area contributed by atoms with Crippen molar-refractivity contribution < 1.29 is 19.7 Å². The maximum absolute atomic E-state index is 11.5. The van der Waals surface area contributed by atoms with Crippen molar-refractivity contribution in [3.63, 3.8) is 0 Å². The normalized spacial score (nSPS) is 12.5. The number of hydrogen-bond acceptors (Lipinski definition) is 4. The van der Waals surface area contributed by atoms with Crippen LogP contribution < -0.4 is 4.74 Å². The van der Waals surface area contributed by atoms with E-state index in [0.29, 0.717) is 24.3 Å². The Labute approximate surface area is 113 Å². The zero-order valence-corrected chi connectivity index (χ0v) is 11.6. The number of hydrogen-bond donors (Lipinski definition) is 2. The van der Waals surface area contributed by atoms with Gasteiger partial charge in [0.25, 0.3) is 0 Å². The minimum Gasteiger partial charge on any atom is -0.496 e. The number of aryl methyl sites for hydroxylation is 1. The van der Waals surface area contributed by atoms with Crippen LogP contribution in [0.15, 0.2) is 18.2 Å². The van der Waals surface area contributed by atoms with Gasteiger partial charge in [-0.25, -0.2) is 0 Å². The van der Waals surface area contributed by atoms with Crippen molar-refractivity contribution >= 4 is 5.97 Å². The molecule has 0 aliphatic carbocycles. The molecule has 0 fully saturated rings. The lowest BCUT2D eigenvalue weighted by atomic mass is 10.0. The van der Waals surface area contributed by atoms with Gasteiger partial charge in [0, 0.05) is 18.7 Å². The molecule has 0 heterocycles. The van der Waals surface area contributed by atoms with E-state index >= 15 is 0 Å². The number of aliphatic hydroxyl groups excluding tert-OH is 1. The topological polar surface area (TPSA) is 70.0 Å². The van der Waals surface area contributed by atoms with Crippen LogP contribution in [0, 0.1) is 6.92 Å². The molecule has 1 aromatic carbocycles. The van der Waals surface area contributed by atoms with Gasteiger partial charge in [0.1, 0.15) is 11.8 Å². The van der Waals surface area contributed by atoms with Crippen molar-refractivity contribution in [2.45, 2.75) is 19.4 Å². The van der Waals surface area contributed by atoms with Crippen molar-refractivity contribution in [3.8, 4) is 5.75 Å². The van der Waals surface area contributed by atoms with Crippen molar-refractivity contribution in [2.24, 2.45) is 0 Å². The summed E-state index contributed by atoms with van der Waals surface area (Å²) in [6, 6.07) is 4.71. The first-order valence-electron chi connectivity index (χ1n) is 6.19. The summed E-state index contributed by atoms with van der Waals surface area (Å²) in [4.78, 5) is 13.2. The third kappa shape index (κ3) is 3.94. The summed E-state index contributed by atoms with van der Waals surface area (Å²) in [5, 5.41) is 18.3. The maximum atomic E-state index is 11.5. The van der Waals surface area contributed by atoms with Crippen LogP contribution in [0.5, 0.6) is 5.75 Å². The highest BCUT2D eigenvalue weighted by Gasteiger charge is 2.27. The standard InChI is InChI=1S/C14H21NO4/c1-10-5-6-12(19-3)11(9-10)13(14(17)18)15(2)7-4-8-16/h5-6,9,13,16H,4,7-8H2,1-3H3,(H,17,18)/t13-/m0/s1. The van der Waals surface area contributed by atoms with E-state index in [1.165, 1.54) is 7.11 Å². The number of carboxylic acid groups (broad SMARTS) is 1. The average Bonchev–Trinajstić information content (AvgIpc) is 2.36. The summed E-state index contributed by atoms with van der Waals surface area (Å²) in [6.07, 6.45) is 0.536. The van der Waals surface area contributed by atoms with Crippen molar-refractivity contribution in [3.05, 3.63) is 29.3 Å². The Morgan fingerprint density at radius 3 is 2.68 bits per heavy atom. The molecule has 0 aliphatic heterocycles. The summed E-state index contributed by atoms with van der Waals surface area (Å²) >= 11 is 0. The lowest BCUT2D eigenvalue weighted by Gasteiger charge is -2.26. The summed E-state index contributed by atoms with van der Waals surface area (Å²) in [5.74, 6) is -0.363. The highest BCUT2D eigenvalue weighted by molar-refractivity contribution is 5.76. The summed E-state index contributed by atoms with van der Waals surface area (Å²) in [6.45, 7) is 2.46. The van der Waals surface area contributed by atoms with E-state index in [0.717, 1.165) is 5.56 Å². The van der Waals surface area contributed by atoms with Crippen LogP contribution in [-0.2, 0) is 4.79 Å². The van der Waals surface area contributed by atoms with Gasteiger partial charge in [0.05, 0.1) is 7.11 Å². The molecule has 1 rings (SSSR count). The average molecular weight is 267 g/mol. The monoisotopic (exact) mass is 267 g/mol. The second kappa shape index (κ2) is 7.11. The van der Waals surface area contributed by atoms with E-state index in [1.54, 1.807) is 18.0 Å². The molecule has 1 aromatic rings. The number of carboxylic acids is 1. The number of likely N-dealkylation sites (N-methyl/N-ethyl adjacent to an activating group) is 1. The van der Waals surface area contributed by atoms with Gasteiger partial charge in [-0.2, -0.15) is 0 Å². The highest BCUT2D eigenvalue weighted by atomic mass is 16.5. The predicted octanol–water partition coefficient (Wildman–Crippen LogP) is 1.44. The number of aliphatic carboxylic acids is 1. The van der Waals surface area contributed by atoms with E-state index in [-0.39, 0.29) is 6.61 Å². The number of methoxy groups -OCH3 is 1. The molecule has 106 valence electrons. The van der Waals surface area contributed by atoms with Crippen LogP contribution in [0.1, 0.15) is 23.6 Å². The van der Waals surface area contributed by atoms with Gasteiger partial charge < -0.3 is 14.9 Å². The Kier molecular flexibility index (Phi) is 5.79. The molecular weight excluding hydrogens is 246 g/mol. The van der Waals surface area contributed by atoms with Crippen LogP contribution in [0.2, 0.25) is 0 Å². The lowest BCUT2D eigenvalue weighted by Crippen LogP contribution is -2.32. The van der Waals surface area contributed by atoms with E-state index in [4.69, 9.17) is 9.84 Å². The van der Waals surface area contributed by atoms with Crippen LogP contribution in [0.4, 0.5) is 0 Å². The Balaban J connectivity index is 3.11. The zero-order valence-electron chi connectivity index (χ0n) is 11.6. The van der Waals surface area contributed by atoms with Crippen molar-refractivity contribution in [1.82, 2.24) is 4.90 Å². The fraction of sp³-hybridized carbons (Fsp3) is 0.500. The Morgan fingerprint density at radius 1 is 1.47 bits per heavy atom. The van der Waals surface area contributed by atoms with Gasteiger partial charge in [0.15, 0.2) is 0 Å². The molecule has 5 heteroatoms. The van der Waals surface area contributed by atoms with Gasteiger partial charge in [-0.05, 0) is 26.5 Å². The Bertz CT molecular complexity index is 433. The predicted molar refractivity (Wildman–Crippen MR) is 72.4 cm³/mol. The largest absolute Gasteiger partial charge is 0.496 e. The van der Waals surface area contributed by atoms with Crippen molar-refractivity contribution in [2.75, 3.05) is 27.3 Å². The molecule has 0 spiro atoms. The summed E-state index contributed by atoms with van der Waals surface area (Å²) in [5.41, 5.74) is 1.62. The van der Waals surface area contributed by atoms with Crippen LogP contribution in [0.3, 0.4) is 0 Å². The highest BCUT2D eigenvalue weighted by Crippen LogP contribution is 2.30. The second-order valence-electron chi connectivity index (χ2n) is 4.54. The molecular formula is C14H21NO4. The smallest absolute Gasteiger partial charge is 0.325 e.